The van der Waals surface area contributed by atoms with Crippen molar-refractivity contribution in [2.24, 2.45) is 5.84 Å². The Morgan fingerprint density at radius 3 is 2.72 bits per heavy atom. The van der Waals surface area contributed by atoms with Crippen molar-refractivity contribution in [2.75, 3.05) is 11.9 Å². The van der Waals surface area contributed by atoms with Gasteiger partial charge in [0.15, 0.2) is 0 Å². The highest BCUT2D eigenvalue weighted by atomic mass is 16.2. The van der Waals surface area contributed by atoms with Gasteiger partial charge in [0.25, 0.3) is 0 Å². The molecule has 3 N–H and O–H groups in total. The number of nitrogens with two attached hydrogens (primary N) is 1. The third-order valence-corrected chi connectivity index (χ3v) is 3.58. The summed E-state index contributed by atoms with van der Waals surface area (Å²) in [5.74, 6) is 5.01. The van der Waals surface area contributed by atoms with E-state index in [-0.39, 0.29) is 11.8 Å². The van der Waals surface area contributed by atoms with Gasteiger partial charge in [-0.2, -0.15) is 0 Å². The monoisotopic (exact) mass is 247 g/mol. The van der Waals surface area contributed by atoms with E-state index in [1.165, 1.54) is 0 Å². The van der Waals surface area contributed by atoms with E-state index < -0.39 is 5.41 Å². The quantitative estimate of drug-likeness (QED) is 0.453. The van der Waals surface area contributed by atoms with Crippen molar-refractivity contribution in [2.45, 2.75) is 25.7 Å². The number of hydrogen-bond acceptors (Lipinski definition) is 3. The van der Waals surface area contributed by atoms with E-state index in [9.17, 15) is 9.59 Å². The zero-order valence-electron chi connectivity index (χ0n) is 10.8. The molecule has 0 radical (unpaired) electrons. The molecule has 1 aliphatic heterocycles. The molecule has 96 valence electrons. The van der Waals surface area contributed by atoms with Crippen molar-refractivity contribution in [3.8, 4) is 0 Å². The summed E-state index contributed by atoms with van der Waals surface area (Å²) in [6, 6.07) is 5.65. The smallest absolute Gasteiger partial charge is 0.243 e. The number of fused-ring (bicyclic) bond motifs is 1. The molecule has 0 aliphatic carbocycles. The molecule has 2 amide bonds. The minimum absolute atomic E-state index is 0.0724. The number of nitrogens with zero attached hydrogens (tertiary/aromatic N) is 1. The van der Waals surface area contributed by atoms with Gasteiger partial charge in [-0.05, 0) is 31.0 Å². The normalized spacial score (nSPS) is 14.7. The van der Waals surface area contributed by atoms with Gasteiger partial charge < -0.3 is 4.90 Å². The molecule has 0 saturated carbocycles. The van der Waals surface area contributed by atoms with Crippen LogP contribution in [0, 0.1) is 0 Å². The summed E-state index contributed by atoms with van der Waals surface area (Å²) in [7, 11) is 1.76. The third-order valence-electron chi connectivity index (χ3n) is 3.58. The van der Waals surface area contributed by atoms with E-state index in [2.05, 4.69) is 5.43 Å². The SMILES string of the molecule is CN1C(=O)Cc2cc(C(C)(C)C(=O)NN)ccc21. The van der Waals surface area contributed by atoms with Gasteiger partial charge in [-0.3, -0.25) is 15.0 Å². The number of rotatable bonds is 2. The lowest BCUT2D eigenvalue weighted by Crippen LogP contribution is -2.43. The lowest BCUT2D eigenvalue weighted by molar-refractivity contribution is -0.125. The Morgan fingerprint density at radius 2 is 2.11 bits per heavy atom. The first-order valence-corrected chi connectivity index (χ1v) is 5.79. The van der Waals surface area contributed by atoms with Gasteiger partial charge in [0, 0.05) is 12.7 Å². The Kier molecular flexibility index (Phi) is 2.86. The number of amides is 2. The molecule has 0 unspecified atom stereocenters. The summed E-state index contributed by atoms with van der Waals surface area (Å²) in [5.41, 5.74) is 4.18. The van der Waals surface area contributed by atoms with Gasteiger partial charge >= 0.3 is 0 Å². The van der Waals surface area contributed by atoms with Gasteiger partial charge in [0.2, 0.25) is 11.8 Å². The largest absolute Gasteiger partial charge is 0.315 e. The van der Waals surface area contributed by atoms with Gasteiger partial charge in [0.05, 0.1) is 11.8 Å². The zero-order chi connectivity index (χ0) is 13.5. The van der Waals surface area contributed by atoms with Crippen LogP contribution in [0.1, 0.15) is 25.0 Å². The molecule has 0 atom stereocenters. The van der Waals surface area contributed by atoms with Crippen molar-refractivity contribution in [1.82, 2.24) is 5.43 Å². The molecular formula is C13H17N3O2. The summed E-state index contributed by atoms with van der Waals surface area (Å²) in [5, 5.41) is 0. The van der Waals surface area contributed by atoms with Crippen molar-refractivity contribution in [3.05, 3.63) is 29.3 Å². The fraction of sp³-hybridized carbons (Fsp3) is 0.385. The molecule has 0 bridgehead atoms. The van der Waals surface area contributed by atoms with Crippen LogP contribution in [0.2, 0.25) is 0 Å². The standard InChI is InChI=1S/C13H17N3O2/c1-13(2,12(18)15-14)9-4-5-10-8(6-9)7-11(17)16(10)3/h4-6H,7,14H2,1-3H3,(H,15,18). The first kappa shape index (κ1) is 12.6. The molecule has 5 heteroatoms. The van der Waals surface area contributed by atoms with Crippen LogP contribution in [-0.2, 0) is 21.4 Å². The summed E-state index contributed by atoms with van der Waals surface area (Å²) >= 11 is 0. The van der Waals surface area contributed by atoms with Crippen LogP contribution < -0.4 is 16.2 Å². The van der Waals surface area contributed by atoms with Crippen LogP contribution in [0.15, 0.2) is 18.2 Å². The molecule has 5 nitrogen and oxygen atoms in total. The highest BCUT2D eigenvalue weighted by molar-refractivity contribution is 6.01. The number of carbonyl (C=O) groups is 2. The Bertz CT molecular complexity index is 523. The van der Waals surface area contributed by atoms with Crippen LogP contribution in [0.5, 0.6) is 0 Å². The number of nitrogens with one attached hydrogen (secondary N) is 1. The minimum Gasteiger partial charge on any atom is -0.315 e. The summed E-state index contributed by atoms with van der Waals surface area (Å²) < 4.78 is 0. The van der Waals surface area contributed by atoms with Crippen LogP contribution in [0.4, 0.5) is 5.69 Å². The van der Waals surface area contributed by atoms with E-state index in [4.69, 9.17) is 5.84 Å². The first-order chi connectivity index (χ1) is 8.37. The van der Waals surface area contributed by atoms with Crippen molar-refractivity contribution >= 4 is 17.5 Å². The number of hydrazine groups is 1. The fourth-order valence-electron chi connectivity index (χ4n) is 2.17. The average molecular weight is 247 g/mol. The van der Waals surface area contributed by atoms with Gasteiger partial charge in [0.1, 0.15) is 0 Å². The van der Waals surface area contributed by atoms with Crippen LogP contribution >= 0.6 is 0 Å². The van der Waals surface area contributed by atoms with E-state index in [1.54, 1.807) is 25.8 Å². The molecule has 0 spiro atoms. The molecular weight excluding hydrogens is 230 g/mol. The summed E-state index contributed by atoms with van der Waals surface area (Å²) in [6.45, 7) is 3.61. The molecule has 1 aromatic rings. The van der Waals surface area contributed by atoms with E-state index >= 15 is 0 Å². The molecule has 0 saturated heterocycles. The molecule has 0 aromatic heterocycles. The molecule has 18 heavy (non-hydrogen) atoms. The number of hydrogen-bond donors (Lipinski definition) is 2. The lowest BCUT2D eigenvalue weighted by Gasteiger charge is -2.23. The average Bonchev–Trinajstić information content (AvgIpc) is 2.63. The highest BCUT2D eigenvalue weighted by Gasteiger charge is 2.32. The van der Waals surface area contributed by atoms with E-state index in [0.29, 0.717) is 6.42 Å². The second-order valence-corrected chi connectivity index (χ2v) is 5.07. The molecule has 1 aromatic carbocycles. The summed E-state index contributed by atoms with van der Waals surface area (Å²) in [6.07, 6.45) is 0.389. The molecule has 2 rings (SSSR count). The van der Waals surface area contributed by atoms with Gasteiger partial charge in [-0.15, -0.1) is 0 Å². The van der Waals surface area contributed by atoms with Crippen LogP contribution in [0.3, 0.4) is 0 Å². The van der Waals surface area contributed by atoms with Crippen molar-refractivity contribution in [3.63, 3.8) is 0 Å². The Labute approximate surface area is 106 Å². The lowest BCUT2D eigenvalue weighted by atomic mass is 9.83. The van der Waals surface area contributed by atoms with Gasteiger partial charge in [-0.1, -0.05) is 12.1 Å². The Balaban J connectivity index is 2.43. The van der Waals surface area contributed by atoms with Crippen molar-refractivity contribution in [1.29, 1.82) is 0 Å². The fourth-order valence-corrected chi connectivity index (χ4v) is 2.17. The maximum atomic E-state index is 11.7. The van der Waals surface area contributed by atoms with E-state index in [0.717, 1.165) is 16.8 Å². The Hall–Kier alpha value is -1.88. The third kappa shape index (κ3) is 1.76. The molecule has 0 fully saturated rings. The predicted octanol–water partition coefficient (Wildman–Crippen LogP) is 0.473. The van der Waals surface area contributed by atoms with Gasteiger partial charge in [-0.25, -0.2) is 5.84 Å². The number of benzene rings is 1. The predicted molar refractivity (Wildman–Crippen MR) is 68.9 cm³/mol. The van der Waals surface area contributed by atoms with Crippen molar-refractivity contribution < 1.29 is 9.59 Å². The van der Waals surface area contributed by atoms with Crippen LogP contribution in [0.25, 0.3) is 0 Å². The molecule has 1 aliphatic rings. The highest BCUT2D eigenvalue weighted by Crippen LogP contribution is 2.32. The maximum Gasteiger partial charge on any atom is 0.243 e. The number of anilines is 1. The minimum atomic E-state index is -0.714. The maximum absolute atomic E-state index is 11.7. The topological polar surface area (TPSA) is 75.4 Å². The number of likely N-dealkylation sites (N-methyl/N-ethyl adjacent to an activating group) is 1. The van der Waals surface area contributed by atoms with Crippen LogP contribution in [-0.4, -0.2) is 18.9 Å². The molecule has 1 heterocycles. The summed E-state index contributed by atoms with van der Waals surface area (Å²) in [4.78, 5) is 25.0. The Morgan fingerprint density at radius 1 is 1.44 bits per heavy atom. The zero-order valence-corrected chi connectivity index (χ0v) is 10.8. The second kappa shape index (κ2) is 4.10. The second-order valence-electron chi connectivity index (χ2n) is 5.07. The number of carbonyl (C=O) groups excluding carboxylic acids is 2. The van der Waals surface area contributed by atoms with E-state index in [1.807, 2.05) is 18.2 Å². The first-order valence-electron chi connectivity index (χ1n) is 5.79.